The number of hydrogen-bond acceptors (Lipinski definition) is 6. The summed E-state index contributed by atoms with van der Waals surface area (Å²) in [5, 5.41) is 3.49. The van der Waals surface area contributed by atoms with E-state index < -0.39 is 0 Å². The largest absolute Gasteiger partial charge is 0.494 e. The maximum Gasteiger partial charge on any atom is 0.203 e. The number of methoxy groups -OCH3 is 3. The van der Waals surface area contributed by atoms with Crippen LogP contribution < -0.4 is 24.3 Å². The Hall–Kier alpha value is -2.44. The van der Waals surface area contributed by atoms with Crippen LogP contribution in [-0.4, -0.2) is 59.0 Å². The van der Waals surface area contributed by atoms with Crippen molar-refractivity contribution < 1.29 is 18.9 Å². The predicted molar refractivity (Wildman–Crippen MR) is 115 cm³/mol. The van der Waals surface area contributed by atoms with Gasteiger partial charge in [0.05, 0.1) is 34.0 Å². The van der Waals surface area contributed by atoms with E-state index >= 15 is 0 Å². The lowest BCUT2D eigenvalue weighted by molar-refractivity contribution is 0.238. The van der Waals surface area contributed by atoms with E-state index in [-0.39, 0.29) is 6.04 Å². The van der Waals surface area contributed by atoms with E-state index in [9.17, 15) is 0 Å². The molecule has 1 aliphatic rings. The molecule has 1 N–H and O–H groups in total. The van der Waals surface area contributed by atoms with Crippen molar-refractivity contribution in [1.82, 2.24) is 10.2 Å². The summed E-state index contributed by atoms with van der Waals surface area (Å²) in [4.78, 5) is 2.51. The van der Waals surface area contributed by atoms with Crippen molar-refractivity contribution in [2.24, 2.45) is 0 Å². The van der Waals surface area contributed by atoms with Gasteiger partial charge in [0.1, 0.15) is 5.75 Å². The summed E-state index contributed by atoms with van der Waals surface area (Å²) in [7, 11) is 4.94. The molecule has 1 heterocycles. The Morgan fingerprint density at radius 1 is 0.931 bits per heavy atom. The van der Waals surface area contributed by atoms with E-state index in [2.05, 4.69) is 40.5 Å². The van der Waals surface area contributed by atoms with Gasteiger partial charge in [-0.2, -0.15) is 0 Å². The number of nitrogens with one attached hydrogen (secondary N) is 1. The quantitative estimate of drug-likeness (QED) is 0.732. The van der Waals surface area contributed by atoms with Gasteiger partial charge >= 0.3 is 0 Å². The molecule has 0 bridgehead atoms. The third-order valence-corrected chi connectivity index (χ3v) is 5.23. The Labute approximate surface area is 173 Å². The van der Waals surface area contributed by atoms with Crippen LogP contribution >= 0.6 is 0 Å². The molecular weight excluding hydrogens is 368 g/mol. The Morgan fingerprint density at radius 3 is 2.34 bits per heavy atom. The molecule has 6 nitrogen and oxygen atoms in total. The monoisotopic (exact) mass is 400 g/mol. The number of hydrogen-bond donors (Lipinski definition) is 1. The van der Waals surface area contributed by atoms with Crippen LogP contribution in [0.3, 0.4) is 0 Å². The van der Waals surface area contributed by atoms with Crippen LogP contribution in [0.1, 0.15) is 30.5 Å². The third kappa shape index (κ3) is 4.95. The van der Waals surface area contributed by atoms with Gasteiger partial charge in [-0.3, -0.25) is 4.90 Å². The van der Waals surface area contributed by atoms with Gasteiger partial charge in [-0.05, 0) is 55.3 Å². The van der Waals surface area contributed by atoms with Crippen molar-refractivity contribution in [2.45, 2.75) is 19.4 Å². The molecule has 158 valence electrons. The molecule has 1 fully saturated rings. The Bertz CT molecular complexity index is 763. The zero-order valence-electron chi connectivity index (χ0n) is 17.9. The van der Waals surface area contributed by atoms with E-state index in [0.717, 1.165) is 43.9 Å². The average molecular weight is 401 g/mol. The maximum absolute atomic E-state index is 5.77. The lowest BCUT2D eigenvalue weighted by Gasteiger charge is -2.32. The first-order chi connectivity index (χ1) is 14.2. The summed E-state index contributed by atoms with van der Waals surface area (Å²) in [6, 6.07) is 12.5. The summed E-state index contributed by atoms with van der Waals surface area (Å²) < 4.78 is 22.5. The fraction of sp³-hybridized carbons (Fsp3) is 0.478. The second-order valence-corrected chi connectivity index (χ2v) is 7.01. The lowest BCUT2D eigenvalue weighted by atomic mass is 9.95. The Balaban J connectivity index is 2.11. The first kappa shape index (κ1) is 21.3. The molecule has 6 heteroatoms. The van der Waals surface area contributed by atoms with Gasteiger partial charge in [-0.15, -0.1) is 0 Å². The molecule has 2 aromatic carbocycles. The van der Waals surface area contributed by atoms with Gasteiger partial charge < -0.3 is 24.3 Å². The van der Waals surface area contributed by atoms with E-state index in [0.29, 0.717) is 23.9 Å². The molecule has 1 aliphatic heterocycles. The smallest absolute Gasteiger partial charge is 0.203 e. The summed E-state index contributed by atoms with van der Waals surface area (Å²) >= 11 is 0. The van der Waals surface area contributed by atoms with E-state index in [1.807, 2.05) is 13.0 Å². The summed E-state index contributed by atoms with van der Waals surface area (Å²) in [5.74, 6) is 2.83. The fourth-order valence-corrected chi connectivity index (χ4v) is 3.94. The lowest BCUT2D eigenvalue weighted by Crippen LogP contribution is -2.33. The van der Waals surface area contributed by atoms with Crippen LogP contribution in [0, 0.1) is 0 Å². The maximum atomic E-state index is 5.77. The minimum atomic E-state index is 0.0593. The highest BCUT2D eigenvalue weighted by Crippen LogP contribution is 2.42. The van der Waals surface area contributed by atoms with Crippen LogP contribution in [0.2, 0.25) is 0 Å². The summed E-state index contributed by atoms with van der Waals surface area (Å²) in [6.45, 7) is 6.62. The van der Waals surface area contributed by atoms with Gasteiger partial charge in [0.2, 0.25) is 5.75 Å². The Morgan fingerprint density at radius 2 is 1.69 bits per heavy atom. The molecular formula is C23H32N2O4. The molecule has 3 rings (SSSR count). The second-order valence-electron chi connectivity index (χ2n) is 7.01. The van der Waals surface area contributed by atoms with Gasteiger partial charge in [0.25, 0.3) is 0 Å². The number of nitrogens with zero attached hydrogens (tertiary/aromatic N) is 1. The van der Waals surface area contributed by atoms with Crippen molar-refractivity contribution in [1.29, 1.82) is 0 Å². The molecule has 2 aromatic rings. The van der Waals surface area contributed by atoms with E-state index in [4.69, 9.17) is 18.9 Å². The first-order valence-electron chi connectivity index (χ1n) is 10.2. The van der Waals surface area contributed by atoms with Crippen molar-refractivity contribution in [3.05, 3.63) is 47.5 Å². The zero-order valence-corrected chi connectivity index (χ0v) is 17.9. The van der Waals surface area contributed by atoms with Crippen molar-refractivity contribution >= 4 is 0 Å². The molecule has 1 saturated heterocycles. The van der Waals surface area contributed by atoms with Crippen LogP contribution in [0.15, 0.2) is 36.4 Å². The Kier molecular flexibility index (Phi) is 7.61. The molecule has 1 unspecified atom stereocenters. The number of ether oxygens (including phenoxy) is 4. The van der Waals surface area contributed by atoms with Crippen LogP contribution in [0.25, 0.3) is 0 Å². The average Bonchev–Trinajstić information content (AvgIpc) is 3.03. The van der Waals surface area contributed by atoms with Crippen LogP contribution in [0.5, 0.6) is 23.0 Å². The van der Waals surface area contributed by atoms with E-state index in [1.54, 1.807) is 21.3 Å². The molecule has 0 aliphatic carbocycles. The van der Waals surface area contributed by atoms with Gasteiger partial charge in [-0.1, -0.05) is 12.1 Å². The normalized spacial score (nSPS) is 16.0. The molecule has 0 aromatic heterocycles. The summed E-state index contributed by atoms with van der Waals surface area (Å²) in [5.41, 5.74) is 2.29. The topological polar surface area (TPSA) is 52.2 Å². The predicted octanol–water partition coefficient (Wildman–Crippen LogP) is 3.50. The van der Waals surface area contributed by atoms with Crippen molar-refractivity contribution in [2.75, 3.05) is 54.1 Å². The zero-order chi connectivity index (χ0) is 20.6. The number of rotatable bonds is 8. The van der Waals surface area contributed by atoms with Gasteiger partial charge in [0.15, 0.2) is 11.5 Å². The minimum absolute atomic E-state index is 0.0593. The highest BCUT2D eigenvalue weighted by Gasteiger charge is 2.26. The van der Waals surface area contributed by atoms with Crippen LogP contribution in [-0.2, 0) is 0 Å². The first-order valence-corrected chi connectivity index (χ1v) is 10.2. The van der Waals surface area contributed by atoms with Gasteiger partial charge in [0, 0.05) is 19.6 Å². The minimum Gasteiger partial charge on any atom is -0.494 e. The van der Waals surface area contributed by atoms with Crippen LogP contribution in [0.4, 0.5) is 0 Å². The fourth-order valence-electron chi connectivity index (χ4n) is 3.94. The SMILES string of the molecule is CCOc1cccc(C(c2cc(OC)c(OC)c(OC)c2)N2CCCNCC2)c1. The van der Waals surface area contributed by atoms with Crippen molar-refractivity contribution in [3.63, 3.8) is 0 Å². The van der Waals surface area contributed by atoms with Crippen molar-refractivity contribution in [3.8, 4) is 23.0 Å². The highest BCUT2D eigenvalue weighted by molar-refractivity contribution is 5.55. The van der Waals surface area contributed by atoms with Gasteiger partial charge in [-0.25, -0.2) is 0 Å². The highest BCUT2D eigenvalue weighted by atomic mass is 16.5. The molecule has 29 heavy (non-hydrogen) atoms. The van der Waals surface area contributed by atoms with E-state index in [1.165, 1.54) is 5.56 Å². The second kappa shape index (κ2) is 10.4. The molecule has 0 saturated carbocycles. The summed E-state index contributed by atoms with van der Waals surface area (Å²) in [6.07, 6.45) is 1.10. The molecule has 0 amide bonds. The molecule has 0 spiro atoms. The standard InChI is InChI=1S/C23H32N2O4/c1-5-29-19-9-6-8-17(14-19)22(25-12-7-10-24-11-13-25)18-15-20(26-2)23(28-4)21(16-18)27-3/h6,8-9,14-16,22,24H,5,7,10-13H2,1-4H3. The molecule has 0 radical (unpaired) electrons. The third-order valence-electron chi connectivity index (χ3n) is 5.23. The number of benzene rings is 2. The molecule has 1 atom stereocenters.